The van der Waals surface area contributed by atoms with E-state index in [9.17, 15) is 4.39 Å². The van der Waals surface area contributed by atoms with Crippen LogP contribution in [0.25, 0.3) is 32.5 Å². The molecule has 4 rings (SSSR count). The summed E-state index contributed by atoms with van der Waals surface area (Å²) in [7, 11) is 0. The molecule has 0 aliphatic carbocycles. The monoisotopic (exact) mass is 282 g/mol. The lowest BCUT2D eigenvalue weighted by Gasteiger charge is -2.03. The molecule has 0 aromatic carbocycles. The van der Waals surface area contributed by atoms with Crippen molar-refractivity contribution in [2.75, 3.05) is 0 Å². The van der Waals surface area contributed by atoms with E-state index < -0.39 is 0 Å². The van der Waals surface area contributed by atoms with E-state index in [0.717, 1.165) is 11.3 Å². The molecule has 0 atom stereocenters. The van der Waals surface area contributed by atoms with Gasteiger partial charge in [0.1, 0.15) is 10.6 Å². The maximum atomic E-state index is 14.3. The van der Waals surface area contributed by atoms with Crippen molar-refractivity contribution < 1.29 is 4.39 Å². The fourth-order valence-electron chi connectivity index (χ4n) is 2.09. The number of halogens is 1. The normalized spacial score (nSPS) is 11.2. The molecule has 4 aromatic heterocycles. The molecule has 0 fully saturated rings. The number of hydrogen-bond acceptors (Lipinski definition) is 5. The van der Waals surface area contributed by atoms with Gasteiger partial charge in [0.2, 0.25) is 0 Å². The number of rotatable bonds is 1. The lowest BCUT2D eigenvalue weighted by Crippen LogP contribution is -1.91. The first-order valence-electron chi connectivity index (χ1n) is 5.94. The summed E-state index contributed by atoms with van der Waals surface area (Å²) in [5.74, 6) is -0.312. The van der Waals surface area contributed by atoms with Crippen LogP contribution in [0, 0.1) is 5.82 Å². The summed E-state index contributed by atoms with van der Waals surface area (Å²) in [5.41, 5.74) is 2.07. The van der Waals surface area contributed by atoms with Gasteiger partial charge in [0.05, 0.1) is 22.7 Å². The number of nitrogens with zero attached hydrogens (tertiary/aromatic N) is 4. The van der Waals surface area contributed by atoms with Gasteiger partial charge in [-0.05, 0) is 35.8 Å². The zero-order valence-electron chi connectivity index (χ0n) is 10.1. The van der Waals surface area contributed by atoms with Gasteiger partial charge in [0.15, 0.2) is 5.65 Å². The van der Waals surface area contributed by atoms with Crippen molar-refractivity contribution in [2.45, 2.75) is 0 Å². The molecule has 0 unspecified atom stereocenters. The van der Waals surface area contributed by atoms with E-state index in [0.29, 0.717) is 21.3 Å². The van der Waals surface area contributed by atoms with Crippen molar-refractivity contribution in [3.05, 3.63) is 48.7 Å². The Balaban J connectivity index is 2.02. The van der Waals surface area contributed by atoms with Crippen LogP contribution in [0.15, 0.2) is 42.9 Å². The summed E-state index contributed by atoms with van der Waals surface area (Å²) < 4.78 is 18.3. The van der Waals surface area contributed by atoms with Gasteiger partial charge in [0, 0.05) is 18.0 Å². The van der Waals surface area contributed by atoms with Gasteiger partial charge in [-0.15, -0.1) is 0 Å². The van der Waals surface area contributed by atoms with Gasteiger partial charge in [-0.25, -0.2) is 14.4 Å². The Bertz CT molecular complexity index is 920. The highest BCUT2D eigenvalue weighted by Crippen LogP contribution is 2.27. The number of hydrogen-bond donors (Lipinski definition) is 0. The molecule has 0 bridgehead atoms. The highest BCUT2D eigenvalue weighted by molar-refractivity contribution is 7.12. The van der Waals surface area contributed by atoms with Gasteiger partial charge in [-0.2, -0.15) is 4.37 Å². The van der Waals surface area contributed by atoms with Crippen molar-refractivity contribution in [3.63, 3.8) is 0 Å². The van der Waals surface area contributed by atoms with E-state index in [4.69, 9.17) is 0 Å². The quantitative estimate of drug-likeness (QED) is 0.536. The topological polar surface area (TPSA) is 51.6 Å². The van der Waals surface area contributed by atoms with E-state index in [-0.39, 0.29) is 5.82 Å². The lowest BCUT2D eigenvalue weighted by atomic mass is 10.1. The molecule has 0 saturated carbocycles. The standard InChI is InChI=1S/C14H7FN4S/c15-12-9-1-2-11(8-3-5-16-6-4-8)18-13(9)19-14-10(12)7-17-20-14/h1-7H. The molecule has 6 heteroatoms. The molecule has 4 heterocycles. The van der Waals surface area contributed by atoms with Gasteiger partial charge in [-0.1, -0.05) is 0 Å². The van der Waals surface area contributed by atoms with Crippen molar-refractivity contribution in [2.24, 2.45) is 0 Å². The van der Waals surface area contributed by atoms with Crippen molar-refractivity contribution in [1.29, 1.82) is 0 Å². The fraction of sp³-hybridized carbons (Fsp3) is 0. The number of pyridine rings is 3. The summed E-state index contributed by atoms with van der Waals surface area (Å²) in [6.45, 7) is 0. The molecular weight excluding hydrogens is 275 g/mol. The van der Waals surface area contributed by atoms with Crippen LogP contribution in [-0.4, -0.2) is 19.3 Å². The Morgan fingerprint density at radius 1 is 0.950 bits per heavy atom. The Morgan fingerprint density at radius 3 is 2.65 bits per heavy atom. The van der Waals surface area contributed by atoms with Gasteiger partial charge < -0.3 is 0 Å². The predicted octanol–water partition coefficient (Wildman–Crippen LogP) is 3.44. The van der Waals surface area contributed by atoms with Crippen LogP contribution in [0.5, 0.6) is 0 Å². The Labute approximate surface area is 117 Å². The van der Waals surface area contributed by atoms with E-state index >= 15 is 0 Å². The zero-order valence-corrected chi connectivity index (χ0v) is 10.9. The molecule has 4 nitrogen and oxygen atoms in total. The molecule has 0 aliphatic rings. The first-order chi connectivity index (χ1) is 9.83. The molecule has 0 aliphatic heterocycles. The minimum absolute atomic E-state index is 0.312. The summed E-state index contributed by atoms with van der Waals surface area (Å²) in [5, 5.41) is 0.858. The summed E-state index contributed by atoms with van der Waals surface area (Å²) in [6, 6.07) is 7.21. The van der Waals surface area contributed by atoms with E-state index in [2.05, 4.69) is 19.3 Å². The van der Waals surface area contributed by atoms with Crippen LogP contribution >= 0.6 is 11.5 Å². The maximum absolute atomic E-state index is 14.3. The Morgan fingerprint density at radius 2 is 1.80 bits per heavy atom. The molecule has 0 N–H and O–H groups in total. The van der Waals surface area contributed by atoms with Crippen molar-refractivity contribution in [3.8, 4) is 11.3 Å². The summed E-state index contributed by atoms with van der Waals surface area (Å²) in [4.78, 5) is 13.3. The van der Waals surface area contributed by atoms with Crippen LogP contribution in [0.1, 0.15) is 0 Å². The predicted molar refractivity (Wildman–Crippen MR) is 75.9 cm³/mol. The third-order valence-electron chi connectivity index (χ3n) is 3.08. The van der Waals surface area contributed by atoms with Gasteiger partial charge in [0.25, 0.3) is 0 Å². The molecule has 0 radical (unpaired) electrons. The van der Waals surface area contributed by atoms with Crippen molar-refractivity contribution >= 4 is 32.8 Å². The second kappa shape index (κ2) is 4.28. The van der Waals surface area contributed by atoms with Crippen LogP contribution in [0.2, 0.25) is 0 Å². The van der Waals surface area contributed by atoms with Gasteiger partial charge >= 0.3 is 0 Å². The summed E-state index contributed by atoms with van der Waals surface area (Å²) in [6.07, 6.45) is 4.89. The maximum Gasteiger partial charge on any atom is 0.164 e. The second-order valence-corrected chi connectivity index (χ2v) is 5.05. The Kier molecular flexibility index (Phi) is 2.43. The molecule has 0 saturated heterocycles. The Hall–Kier alpha value is -2.47. The molecular formula is C14H7FN4S. The van der Waals surface area contributed by atoms with Crippen LogP contribution in [0.3, 0.4) is 0 Å². The number of fused-ring (bicyclic) bond motifs is 2. The fourth-order valence-corrected chi connectivity index (χ4v) is 2.72. The van der Waals surface area contributed by atoms with E-state index in [1.54, 1.807) is 24.5 Å². The lowest BCUT2D eigenvalue weighted by molar-refractivity contribution is 0.650. The van der Waals surface area contributed by atoms with E-state index in [1.165, 1.54) is 17.7 Å². The van der Waals surface area contributed by atoms with Gasteiger partial charge in [-0.3, -0.25) is 4.98 Å². The molecule has 4 aromatic rings. The average Bonchev–Trinajstić information content (AvgIpc) is 2.96. The average molecular weight is 282 g/mol. The zero-order chi connectivity index (χ0) is 13.5. The first kappa shape index (κ1) is 11.4. The molecule has 20 heavy (non-hydrogen) atoms. The third kappa shape index (κ3) is 1.65. The largest absolute Gasteiger partial charge is 0.265 e. The van der Waals surface area contributed by atoms with E-state index in [1.807, 2.05) is 12.1 Å². The van der Waals surface area contributed by atoms with Crippen LogP contribution in [-0.2, 0) is 0 Å². The minimum Gasteiger partial charge on any atom is -0.265 e. The molecule has 0 amide bonds. The highest BCUT2D eigenvalue weighted by Gasteiger charge is 2.12. The smallest absolute Gasteiger partial charge is 0.164 e. The molecule has 96 valence electrons. The third-order valence-corrected chi connectivity index (χ3v) is 3.78. The summed E-state index contributed by atoms with van der Waals surface area (Å²) >= 11 is 1.17. The van der Waals surface area contributed by atoms with Crippen LogP contribution in [0.4, 0.5) is 4.39 Å². The van der Waals surface area contributed by atoms with Crippen LogP contribution < -0.4 is 0 Å². The molecule has 0 spiro atoms. The number of aromatic nitrogens is 4. The second-order valence-electron chi connectivity index (χ2n) is 4.27. The highest BCUT2D eigenvalue weighted by atomic mass is 32.1. The minimum atomic E-state index is -0.312. The SMILES string of the molecule is Fc1c2ccc(-c3ccncc3)nc2nc2sncc12. The van der Waals surface area contributed by atoms with Crippen molar-refractivity contribution in [1.82, 2.24) is 19.3 Å². The first-order valence-corrected chi connectivity index (χ1v) is 6.71.